The molecule has 21 heavy (non-hydrogen) atoms. The molecule has 0 fully saturated rings. The van der Waals surface area contributed by atoms with E-state index < -0.39 is 21.6 Å². The van der Waals surface area contributed by atoms with Crippen LogP contribution in [0.1, 0.15) is 33.3 Å². The highest BCUT2D eigenvalue weighted by Gasteiger charge is 2.41. The Balaban J connectivity index is 3.08. The quantitative estimate of drug-likeness (QED) is 0.681. The Morgan fingerprint density at radius 3 is 2.05 bits per heavy atom. The van der Waals surface area contributed by atoms with E-state index in [0.717, 1.165) is 11.8 Å². The first-order valence-electron chi connectivity index (χ1n) is 6.45. The van der Waals surface area contributed by atoms with Crippen molar-refractivity contribution in [3.05, 3.63) is 29.8 Å². The highest BCUT2D eigenvalue weighted by Crippen LogP contribution is 2.39. The zero-order valence-electron chi connectivity index (χ0n) is 12.9. The van der Waals surface area contributed by atoms with Crippen molar-refractivity contribution in [1.82, 2.24) is 0 Å². The Labute approximate surface area is 129 Å². The molecule has 2 N–H and O–H groups in total. The molecule has 1 aromatic rings. The van der Waals surface area contributed by atoms with Crippen LogP contribution < -0.4 is 5.73 Å². The van der Waals surface area contributed by atoms with E-state index in [1.54, 1.807) is 52.0 Å². The van der Waals surface area contributed by atoms with E-state index in [1.165, 1.54) is 7.11 Å². The molecule has 1 rings (SSSR count). The molecule has 0 saturated heterocycles. The number of ether oxygens (including phenoxy) is 2. The van der Waals surface area contributed by atoms with Crippen molar-refractivity contribution in [2.75, 3.05) is 12.8 Å². The predicted octanol–water partition coefficient (Wildman–Crippen LogP) is 3.33. The summed E-state index contributed by atoms with van der Waals surface area (Å²) in [6.45, 7) is 6.93. The van der Waals surface area contributed by atoms with Crippen molar-refractivity contribution in [2.24, 2.45) is 0 Å². The van der Waals surface area contributed by atoms with Gasteiger partial charge in [0.2, 0.25) is 0 Å². The lowest BCUT2D eigenvalue weighted by Gasteiger charge is -2.27. The molecule has 0 amide bonds. The molecule has 1 unspecified atom stereocenters. The number of thioether (sulfide) groups is 1. The molecule has 0 aromatic heterocycles. The second kappa shape index (κ2) is 6.39. The maximum Gasteiger partial charge on any atom is 0.369 e. The summed E-state index contributed by atoms with van der Waals surface area (Å²) >= 11 is 0.789. The molecule has 0 radical (unpaired) electrons. The lowest BCUT2D eigenvalue weighted by molar-refractivity contribution is -0.143. The lowest BCUT2D eigenvalue weighted by Crippen LogP contribution is -2.33. The van der Waals surface area contributed by atoms with Gasteiger partial charge in [-0.15, -0.1) is 0 Å². The van der Waals surface area contributed by atoms with Crippen LogP contribution in [0.3, 0.4) is 0 Å². The van der Waals surface area contributed by atoms with E-state index in [0.29, 0.717) is 11.3 Å². The molecule has 0 bridgehead atoms. The molecule has 1 aromatic carbocycles. The van der Waals surface area contributed by atoms with Crippen LogP contribution in [0.2, 0.25) is 0 Å². The number of carbonyl (C=O) groups excluding carboxylic acids is 2. The molecule has 0 heterocycles. The minimum absolute atomic E-state index is 0.525. The van der Waals surface area contributed by atoms with Crippen LogP contribution in [0.5, 0.6) is 0 Å². The molecule has 0 aliphatic heterocycles. The molecule has 0 saturated carbocycles. The van der Waals surface area contributed by atoms with Crippen molar-refractivity contribution >= 4 is 28.7 Å². The van der Waals surface area contributed by atoms with E-state index in [2.05, 4.69) is 0 Å². The number of esters is 1. The molecule has 1 atom stereocenters. The number of carbonyl (C=O) groups is 2. The maximum atomic E-state index is 12.1. The summed E-state index contributed by atoms with van der Waals surface area (Å²) in [4.78, 5) is 24.2. The fraction of sp³-hybridized carbons (Fsp3) is 0.467. The molecule has 6 heteroatoms. The Kier molecular flexibility index (Phi) is 5.28. The Bertz CT molecular complexity index is 521. The van der Waals surface area contributed by atoms with Gasteiger partial charge in [-0.2, -0.15) is 0 Å². The molecule has 5 nitrogen and oxygen atoms in total. The monoisotopic (exact) mass is 311 g/mol. The lowest BCUT2D eigenvalue weighted by atomic mass is 10.00. The fourth-order valence-corrected chi connectivity index (χ4v) is 2.70. The van der Waals surface area contributed by atoms with Gasteiger partial charge in [-0.05, 0) is 57.2 Å². The maximum absolute atomic E-state index is 12.1. The van der Waals surface area contributed by atoms with Crippen LogP contribution in [-0.4, -0.2) is 24.0 Å². The van der Waals surface area contributed by atoms with Crippen molar-refractivity contribution in [3.63, 3.8) is 0 Å². The van der Waals surface area contributed by atoms with Crippen LogP contribution in [0.25, 0.3) is 0 Å². The second-order valence-corrected chi connectivity index (χ2v) is 7.07. The zero-order chi connectivity index (χ0) is 16.3. The largest absolute Gasteiger partial charge is 0.468 e. The van der Waals surface area contributed by atoms with Gasteiger partial charge in [0, 0.05) is 5.69 Å². The van der Waals surface area contributed by atoms with Gasteiger partial charge in [-0.3, -0.25) is 4.79 Å². The van der Waals surface area contributed by atoms with Gasteiger partial charge in [0.25, 0.3) is 0 Å². The Morgan fingerprint density at radius 1 is 1.10 bits per heavy atom. The molecular weight excluding hydrogens is 290 g/mol. The van der Waals surface area contributed by atoms with Crippen molar-refractivity contribution < 1.29 is 19.1 Å². The van der Waals surface area contributed by atoms with Gasteiger partial charge in [0.05, 0.1) is 7.11 Å². The number of nitrogen functional groups attached to an aromatic ring is 1. The predicted molar refractivity (Wildman–Crippen MR) is 84.0 cm³/mol. The molecule has 116 valence electrons. The van der Waals surface area contributed by atoms with Gasteiger partial charge in [-0.1, -0.05) is 12.1 Å². The van der Waals surface area contributed by atoms with Crippen LogP contribution in [0.15, 0.2) is 24.3 Å². The number of methoxy groups -OCH3 is 1. The topological polar surface area (TPSA) is 78.6 Å². The zero-order valence-corrected chi connectivity index (χ0v) is 13.7. The number of rotatable bonds is 3. The number of hydrogen-bond acceptors (Lipinski definition) is 6. The van der Waals surface area contributed by atoms with Crippen molar-refractivity contribution in [3.8, 4) is 0 Å². The average Bonchev–Trinajstić information content (AvgIpc) is 2.35. The SMILES string of the molecule is COC(=O)C(C)(SC(=O)OC(C)(C)C)c1ccc(N)cc1. The number of hydrogen-bond donors (Lipinski definition) is 1. The van der Waals surface area contributed by atoms with E-state index >= 15 is 0 Å². The molecular formula is C15H21NO4S. The van der Waals surface area contributed by atoms with E-state index in [4.69, 9.17) is 15.2 Å². The Hall–Kier alpha value is -1.69. The van der Waals surface area contributed by atoms with Gasteiger partial charge >= 0.3 is 11.3 Å². The summed E-state index contributed by atoms with van der Waals surface area (Å²) < 4.78 is 8.91. The first-order chi connectivity index (χ1) is 9.58. The van der Waals surface area contributed by atoms with Gasteiger partial charge in [0.15, 0.2) is 0 Å². The summed E-state index contributed by atoms with van der Waals surface area (Å²) in [6.07, 6.45) is 0. The van der Waals surface area contributed by atoms with E-state index in [9.17, 15) is 9.59 Å². The minimum atomic E-state index is -1.19. The third kappa shape index (κ3) is 4.67. The number of anilines is 1. The highest BCUT2D eigenvalue weighted by molar-refractivity contribution is 8.14. The minimum Gasteiger partial charge on any atom is -0.468 e. The van der Waals surface area contributed by atoms with Gasteiger partial charge in [0.1, 0.15) is 10.3 Å². The van der Waals surface area contributed by atoms with Crippen LogP contribution in [0.4, 0.5) is 10.5 Å². The van der Waals surface area contributed by atoms with Crippen LogP contribution in [-0.2, 0) is 19.0 Å². The van der Waals surface area contributed by atoms with Crippen LogP contribution >= 0.6 is 11.8 Å². The summed E-state index contributed by atoms with van der Waals surface area (Å²) in [5.74, 6) is -0.525. The molecule has 0 aliphatic carbocycles. The molecule has 0 aliphatic rings. The van der Waals surface area contributed by atoms with E-state index in [1.807, 2.05) is 0 Å². The van der Waals surface area contributed by atoms with Crippen LogP contribution in [0, 0.1) is 0 Å². The van der Waals surface area contributed by atoms with Gasteiger partial charge in [-0.25, -0.2) is 4.79 Å². The summed E-state index contributed by atoms with van der Waals surface area (Å²) in [5.41, 5.74) is 6.23. The second-order valence-electron chi connectivity index (χ2n) is 5.71. The highest BCUT2D eigenvalue weighted by atomic mass is 32.2. The summed E-state index contributed by atoms with van der Waals surface area (Å²) in [6, 6.07) is 6.74. The van der Waals surface area contributed by atoms with Gasteiger partial charge < -0.3 is 15.2 Å². The third-order valence-electron chi connectivity index (χ3n) is 2.71. The fourth-order valence-electron chi connectivity index (χ4n) is 1.65. The standard InChI is InChI=1S/C15H21NO4S/c1-14(2,3)20-13(18)21-15(4,12(17)19-5)10-6-8-11(16)9-7-10/h6-9H,16H2,1-5H3. The number of benzene rings is 1. The molecule has 0 spiro atoms. The van der Waals surface area contributed by atoms with E-state index in [-0.39, 0.29) is 0 Å². The number of nitrogens with two attached hydrogens (primary N) is 1. The average molecular weight is 311 g/mol. The summed E-state index contributed by atoms with van der Waals surface area (Å²) in [5, 5.41) is -0.535. The Morgan fingerprint density at radius 2 is 1.62 bits per heavy atom. The smallest absolute Gasteiger partial charge is 0.369 e. The first kappa shape index (κ1) is 17.4. The third-order valence-corrected chi connectivity index (χ3v) is 3.77. The first-order valence-corrected chi connectivity index (χ1v) is 7.26. The normalized spacial score (nSPS) is 14.1. The van der Waals surface area contributed by atoms with Crippen molar-refractivity contribution in [1.29, 1.82) is 0 Å². The van der Waals surface area contributed by atoms with Crippen molar-refractivity contribution in [2.45, 2.75) is 38.0 Å². The summed E-state index contributed by atoms with van der Waals surface area (Å²) in [7, 11) is 1.29.